The summed E-state index contributed by atoms with van der Waals surface area (Å²) in [6, 6.07) is 0.581. The van der Waals surface area contributed by atoms with Crippen LogP contribution in [0.3, 0.4) is 0 Å². The molecule has 2 atom stereocenters. The van der Waals surface area contributed by atoms with Gasteiger partial charge in [-0.1, -0.05) is 20.8 Å². The van der Waals surface area contributed by atoms with Crippen LogP contribution < -0.4 is 5.32 Å². The summed E-state index contributed by atoms with van der Waals surface area (Å²) in [6.45, 7) is 7.72. The summed E-state index contributed by atoms with van der Waals surface area (Å²) in [5.74, 6) is 1.56. The molecule has 1 aliphatic rings. The van der Waals surface area contributed by atoms with E-state index in [0.717, 1.165) is 31.2 Å². The molecule has 90 valence electrons. The van der Waals surface area contributed by atoms with Gasteiger partial charge in [-0.25, -0.2) is 0 Å². The zero-order chi connectivity index (χ0) is 11.5. The summed E-state index contributed by atoms with van der Waals surface area (Å²) in [7, 11) is 0. The van der Waals surface area contributed by atoms with Crippen LogP contribution in [-0.2, 0) is 6.42 Å². The minimum Gasteiger partial charge on any atom is -0.315 e. The maximum absolute atomic E-state index is 4.29. The molecule has 2 unspecified atom stereocenters. The van der Waals surface area contributed by atoms with Crippen LogP contribution in [0.15, 0.2) is 0 Å². The van der Waals surface area contributed by atoms with Crippen molar-refractivity contribution in [2.45, 2.75) is 52.0 Å². The Morgan fingerprint density at radius 2 is 2.19 bits per heavy atom. The molecular formula is C12H21N3S. The van der Waals surface area contributed by atoms with Gasteiger partial charge < -0.3 is 5.32 Å². The molecule has 0 radical (unpaired) electrons. The lowest BCUT2D eigenvalue weighted by atomic mass is 10.3. The topological polar surface area (TPSA) is 37.8 Å². The lowest BCUT2D eigenvalue weighted by Crippen LogP contribution is -2.23. The first-order chi connectivity index (χ1) is 7.66. The van der Waals surface area contributed by atoms with Gasteiger partial charge >= 0.3 is 0 Å². The Labute approximate surface area is 102 Å². The van der Waals surface area contributed by atoms with Crippen LogP contribution in [-0.4, -0.2) is 22.8 Å². The summed E-state index contributed by atoms with van der Waals surface area (Å²) in [4.78, 5) is 0. The van der Waals surface area contributed by atoms with E-state index in [9.17, 15) is 0 Å². The average Bonchev–Trinajstić information content (AvgIpc) is 2.79. The van der Waals surface area contributed by atoms with Crippen molar-refractivity contribution in [3.63, 3.8) is 0 Å². The van der Waals surface area contributed by atoms with Gasteiger partial charge in [0.25, 0.3) is 0 Å². The van der Waals surface area contributed by atoms with E-state index in [1.807, 2.05) is 11.3 Å². The third kappa shape index (κ3) is 3.25. The molecule has 0 bridgehead atoms. The molecule has 4 heteroatoms. The molecule has 1 aromatic heterocycles. The number of hydrogen-bond donors (Lipinski definition) is 1. The highest BCUT2D eigenvalue weighted by molar-refractivity contribution is 7.11. The van der Waals surface area contributed by atoms with Crippen LogP contribution in [0.4, 0.5) is 0 Å². The van der Waals surface area contributed by atoms with Gasteiger partial charge in [-0.05, 0) is 25.3 Å². The fraction of sp³-hybridized carbons (Fsp3) is 0.833. The van der Waals surface area contributed by atoms with Gasteiger partial charge in [-0.3, -0.25) is 0 Å². The quantitative estimate of drug-likeness (QED) is 0.775. The number of aromatic nitrogens is 2. The van der Waals surface area contributed by atoms with Crippen molar-refractivity contribution in [1.82, 2.24) is 15.5 Å². The lowest BCUT2D eigenvalue weighted by Gasteiger charge is -2.05. The Morgan fingerprint density at radius 1 is 1.44 bits per heavy atom. The zero-order valence-corrected chi connectivity index (χ0v) is 11.2. The number of nitrogens with one attached hydrogen (secondary N) is 1. The second-order valence-corrected chi connectivity index (χ2v) is 6.16. The molecule has 1 aromatic rings. The molecule has 0 saturated heterocycles. The second kappa shape index (κ2) is 5.23. The average molecular weight is 239 g/mol. The van der Waals surface area contributed by atoms with E-state index in [0.29, 0.717) is 6.04 Å². The summed E-state index contributed by atoms with van der Waals surface area (Å²) in [5.41, 5.74) is 0. The first kappa shape index (κ1) is 12.0. The van der Waals surface area contributed by atoms with Crippen LogP contribution in [0, 0.1) is 5.92 Å². The number of hydrogen-bond acceptors (Lipinski definition) is 4. The highest BCUT2D eigenvalue weighted by atomic mass is 32.1. The van der Waals surface area contributed by atoms with E-state index in [2.05, 4.69) is 36.3 Å². The fourth-order valence-corrected chi connectivity index (χ4v) is 2.95. The molecule has 1 heterocycles. The van der Waals surface area contributed by atoms with Crippen LogP contribution in [0.1, 0.15) is 49.5 Å². The Morgan fingerprint density at radius 3 is 2.81 bits per heavy atom. The highest BCUT2D eigenvalue weighted by Gasteiger charge is 2.36. The zero-order valence-electron chi connectivity index (χ0n) is 10.4. The normalized spacial score (nSPS) is 24.0. The largest absolute Gasteiger partial charge is 0.315 e. The Kier molecular flexibility index (Phi) is 3.92. The number of rotatable bonds is 6. The minimum atomic E-state index is 0.581. The van der Waals surface area contributed by atoms with Crippen LogP contribution in [0.5, 0.6) is 0 Å². The molecule has 16 heavy (non-hydrogen) atoms. The standard InChI is InChI=1S/C12H21N3S/c1-8(2)13-6-4-5-11-14-15-12(16-11)10-7-9(10)3/h8-10,13H,4-7H2,1-3H3. The van der Waals surface area contributed by atoms with Crippen LogP contribution in [0.25, 0.3) is 0 Å². The van der Waals surface area contributed by atoms with Gasteiger partial charge in [0, 0.05) is 18.4 Å². The highest BCUT2D eigenvalue weighted by Crippen LogP contribution is 2.47. The van der Waals surface area contributed by atoms with Crippen molar-refractivity contribution >= 4 is 11.3 Å². The molecular weight excluding hydrogens is 218 g/mol. The number of nitrogens with zero attached hydrogens (tertiary/aromatic N) is 2. The Hall–Kier alpha value is -0.480. The first-order valence-electron chi connectivity index (χ1n) is 6.22. The van der Waals surface area contributed by atoms with E-state index < -0.39 is 0 Å². The van der Waals surface area contributed by atoms with Gasteiger partial charge in [0.05, 0.1) is 0 Å². The molecule has 2 rings (SSSR count). The van der Waals surface area contributed by atoms with E-state index >= 15 is 0 Å². The maximum atomic E-state index is 4.29. The van der Waals surface area contributed by atoms with Crippen molar-refractivity contribution in [2.24, 2.45) is 5.92 Å². The van der Waals surface area contributed by atoms with Gasteiger partial charge in [0.1, 0.15) is 10.0 Å². The van der Waals surface area contributed by atoms with Crippen LogP contribution in [0.2, 0.25) is 0 Å². The van der Waals surface area contributed by atoms with Crippen LogP contribution >= 0.6 is 11.3 Å². The van der Waals surface area contributed by atoms with E-state index in [4.69, 9.17) is 0 Å². The lowest BCUT2D eigenvalue weighted by molar-refractivity contribution is 0.569. The van der Waals surface area contributed by atoms with Crippen molar-refractivity contribution in [3.05, 3.63) is 10.0 Å². The third-order valence-electron chi connectivity index (χ3n) is 3.03. The molecule has 0 amide bonds. The van der Waals surface area contributed by atoms with E-state index in [1.165, 1.54) is 16.4 Å². The molecule has 1 aliphatic carbocycles. The van der Waals surface area contributed by atoms with Gasteiger partial charge in [0.15, 0.2) is 0 Å². The molecule has 1 N–H and O–H groups in total. The number of aryl methyl sites for hydroxylation is 1. The van der Waals surface area contributed by atoms with E-state index in [-0.39, 0.29) is 0 Å². The molecule has 1 fully saturated rings. The van der Waals surface area contributed by atoms with E-state index in [1.54, 1.807) is 0 Å². The third-order valence-corrected chi connectivity index (χ3v) is 4.14. The predicted molar refractivity (Wildman–Crippen MR) is 67.9 cm³/mol. The minimum absolute atomic E-state index is 0.581. The fourth-order valence-electron chi connectivity index (χ4n) is 1.81. The van der Waals surface area contributed by atoms with Gasteiger partial charge in [0.2, 0.25) is 0 Å². The molecule has 0 spiro atoms. The van der Waals surface area contributed by atoms with Crippen molar-refractivity contribution in [3.8, 4) is 0 Å². The van der Waals surface area contributed by atoms with Crippen molar-refractivity contribution in [1.29, 1.82) is 0 Å². The Balaban J connectivity index is 1.71. The van der Waals surface area contributed by atoms with Crippen molar-refractivity contribution < 1.29 is 0 Å². The molecule has 0 aromatic carbocycles. The van der Waals surface area contributed by atoms with Gasteiger partial charge in [-0.2, -0.15) is 0 Å². The molecule has 0 aliphatic heterocycles. The van der Waals surface area contributed by atoms with Gasteiger partial charge in [-0.15, -0.1) is 21.5 Å². The SMILES string of the molecule is CC(C)NCCCc1nnc(C2CC2C)s1. The summed E-state index contributed by atoms with van der Waals surface area (Å²) in [5, 5.41) is 14.5. The predicted octanol–water partition coefficient (Wildman–Crippen LogP) is 2.59. The maximum Gasteiger partial charge on any atom is 0.120 e. The van der Waals surface area contributed by atoms with Crippen molar-refractivity contribution in [2.75, 3.05) is 6.54 Å². The summed E-state index contributed by atoms with van der Waals surface area (Å²) < 4.78 is 0. The summed E-state index contributed by atoms with van der Waals surface area (Å²) >= 11 is 1.82. The molecule has 3 nitrogen and oxygen atoms in total. The first-order valence-corrected chi connectivity index (χ1v) is 7.04. The molecule has 1 saturated carbocycles. The second-order valence-electron chi connectivity index (χ2n) is 5.07. The Bertz CT molecular complexity index is 335. The summed E-state index contributed by atoms with van der Waals surface area (Å²) in [6.07, 6.45) is 3.54. The monoisotopic (exact) mass is 239 g/mol. The smallest absolute Gasteiger partial charge is 0.120 e.